The van der Waals surface area contributed by atoms with Gasteiger partial charge in [0.05, 0.1) is 11.9 Å². The first-order valence-corrected chi connectivity index (χ1v) is 8.14. The van der Waals surface area contributed by atoms with Crippen molar-refractivity contribution in [2.24, 2.45) is 0 Å². The third-order valence-electron chi connectivity index (χ3n) is 3.46. The lowest BCUT2D eigenvalue weighted by atomic mass is 10.2. The van der Waals surface area contributed by atoms with Crippen LogP contribution in [-0.4, -0.2) is 21.6 Å². The molecule has 0 spiro atoms. The highest BCUT2D eigenvalue weighted by atomic mass is 35.5. The van der Waals surface area contributed by atoms with Gasteiger partial charge in [-0.2, -0.15) is 5.10 Å². The molecule has 0 radical (unpaired) electrons. The minimum atomic E-state index is -0.459. The SMILES string of the molecule is O=C(/C=C/c1cnn(-c2ccccc2)c1)NNC(=O)c1ccc(Cl)cc1. The maximum atomic E-state index is 11.9. The van der Waals surface area contributed by atoms with E-state index in [1.807, 2.05) is 30.3 Å². The molecule has 0 aliphatic rings. The number of hydrogen-bond donors (Lipinski definition) is 2. The van der Waals surface area contributed by atoms with Crippen molar-refractivity contribution in [1.82, 2.24) is 20.6 Å². The molecule has 0 fully saturated rings. The van der Waals surface area contributed by atoms with Crippen molar-refractivity contribution in [3.63, 3.8) is 0 Å². The molecule has 0 aliphatic carbocycles. The Morgan fingerprint density at radius 2 is 1.73 bits per heavy atom. The highest BCUT2D eigenvalue weighted by Crippen LogP contribution is 2.09. The summed E-state index contributed by atoms with van der Waals surface area (Å²) in [6.45, 7) is 0. The van der Waals surface area contributed by atoms with E-state index in [1.165, 1.54) is 6.08 Å². The minimum absolute atomic E-state index is 0.391. The van der Waals surface area contributed by atoms with E-state index in [-0.39, 0.29) is 0 Å². The lowest BCUT2D eigenvalue weighted by Crippen LogP contribution is -2.40. The molecule has 2 aromatic carbocycles. The molecule has 6 nitrogen and oxygen atoms in total. The van der Waals surface area contributed by atoms with Gasteiger partial charge in [0.25, 0.3) is 11.8 Å². The Morgan fingerprint density at radius 3 is 2.46 bits per heavy atom. The second-order valence-corrected chi connectivity index (χ2v) is 5.77. The van der Waals surface area contributed by atoms with Gasteiger partial charge in [0.15, 0.2) is 0 Å². The Morgan fingerprint density at radius 1 is 1.00 bits per heavy atom. The zero-order chi connectivity index (χ0) is 18.4. The molecule has 1 aromatic heterocycles. The van der Waals surface area contributed by atoms with Crippen LogP contribution in [0.3, 0.4) is 0 Å². The predicted octanol–water partition coefficient (Wildman–Crippen LogP) is 3.00. The quantitative estimate of drug-likeness (QED) is 0.550. The Labute approximate surface area is 155 Å². The molecule has 2 amide bonds. The van der Waals surface area contributed by atoms with Gasteiger partial charge in [0, 0.05) is 28.4 Å². The molecule has 0 bridgehead atoms. The average Bonchev–Trinajstić information content (AvgIpc) is 3.15. The van der Waals surface area contributed by atoms with Gasteiger partial charge in [-0.05, 0) is 42.5 Å². The summed E-state index contributed by atoms with van der Waals surface area (Å²) in [5, 5.41) is 4.77. The van der Waals surface area contributed by atoms with Crippen LogP contribution >= 0.6 is 11.6 Å². The van der Waals surface area contributed by atoms with Crippen LogP contribution in [0.4, 0.5) is 0 Å². The number of carbonyl (C=O) groups is 2. The molecule has 0 atom stereocenters. The van der Waals surface area contributed by atoms with Crippen molar-refractivity contribution in [2.75, 3.05) is 0 Å². The first kappa shape index (κ1) is 17.4. The van der Waals surface area contributed by atoms with E-state index in [4.69, 9.17) is 11.6 Å². The van der Waals surface area contributed by atoms with Gasteiger partial charge in [0.2, 0.25) is 0 Å². The second-order valence-electron chi connectivity index (χ2n) is 5.34. The second kappa shape index (κ2) is 8.13. The predicted molar refractivity (Wildman–Crippen MR) is 99.7 cm³/mol. The summed E-state index contributed by atoms with van der Waals surface area (Å²) < 4.78 is 1.71. The summed E-state index contributed by atoms with van der Waals surface area (Å²) in [4.78, 5) is 23.7. The van der Waals surface area contributed by atoms with E-state index in [0.29, 0.717) is 10.6 Å². The van der Waals surface area contributed by atoms with Gasteiger partial charge >= 0.3 is 0 Å². The molecule has 0 saturated carbocycles. The number of hydrazine groups is 1. The van der Waals surface area contributed by atoms with E-state index < -0.39 is 11.8 Å². The number of rotatable bonds is 4. The van der Waals surface area contributed by atoms with Crippen molar-refractivity contribution in [2.45, 2.75) is 0 Å². The molecule has 0 unspecified atom stereocenters. The fourth-order valence-corrected chi connectivity index (χ4v) is 2.28. The van der Waals surface area contributed by atoms with Gasteiger partial charge in [-0.25, -0.2) is 4.68 Å². The fraction of sp³-hybridized carbons (Fsp3) is 0. The summed E-state index contributed by atoms with van der Waals surface area (Å²) in [7, 11) is 0. The van der Waals surface area contributed by atoms with Gasteiger partial charge < -0.3 is 0 Å². The molecule has 1 heterocycles. The van der Waals surface area contributed by atoms with Gasteiger partial charge in [0.1, 0.15) is 0 Å². The van der Waals surface area contributed by atoms with Crippen molar-refractivity contribution in [3.8, 4) is 5.69 Å². The zero-order valence-corrected chi connectivity index (χ0v) is 14.4. The third-order valence-corrected chi connectivity index (χ3v) is 3.71. The van der Waals surface area contributed by atoms with Crippen LogP contribution in [0.1, 0.15) is 15.9 Å². The summed E-state index contributed by atoms with van der Waals surface area (Å²) in [6.07, 6.45) is 6.36. The van der Waals surface area contributed by atoms with Crippen LogP contribution < -0.4 is 10.9 Å². The van der Waals surface area contributed by atoms with Gasteiger partial charge in [-0.15, -0.1) is 0 Å². The average molecular weight is 367 g/mol. The first-order chi connectivity index (χ1) is 12.6. The highest BCUT2D eigenvalue weighted by molar-refractivity contribution is 6.30. The normalized spacial score (nSPS) is 10.7. The smallest absolute Gasteiger partial charge is 0.268 e. The van der Waals surface area contributed by atoms with Crippen molar-refractivity contribution >= 4 is 29.5 Å². The molecular formula is C19H15ClN4O2. The molecule has 2 N–H and O–H groups in total. The number of aromatic nitrogens is 2. The summed E-state index contributed by atoms with van der Waals surface area (Å²) in [5.74, 6) is -0.889. The van der Waals surface area contributed by atoms with Crippen LogP contribution in [0, 0.1) is 0 Å². The van der Waals surface area contributed by atoms with E-state index in [9.17, 15) is 9.59 Å². The Bertz CT molecular complexity index is 934. The number of hydrogen-bond acceptors (Lipinski definition) is 3. The highest BCUT2D eigenvalue weighted by Gasteiger charge is 2.05. The maximum Gasteiger partial charge on any atom is 0.269 e. The van der Waals surface area contributed by atoms with E-state index in [0.717, 1.165) is 11.3 Å². The Hall–Kier alpha value is -3.38. The summed E-state index contributed by atoms with van der Waals surface area (Å²) >= 11 is 5.77. The number of amides is 2. The van der Waals surface area contributed by atoms with Crippen LogP contribution in [0.15, 0.2) is 73.1 Å². The Balaban J connectivity index is 1.54. The number of nitrogens with one attached hydrogen (secondary N) is 2. The van der Waals surface area contributed by atoms with Crippen molar-refractivity contribution in [1.29, 1.82) is 0 Å². The van der Waals surface area contributed by atoms with Gasteiger partial charge in [-0.1, -0.05) is 29.8 Å². The van der Waals surface area contributed by atoms with Crippen LogP contribution in [-0.2, 0) is 4.79 Å². The molecule has 3 rings (SSSR count). The molecule has 7 heteroatoms. The number of benzene rings is 2. The molecule has 3 aromatic rings. The number of halogens is 1. The fourth-order valence-electron chi connectivity index (χ4n) is 2.15. The maximum absolute atomic E-state index is 11.9. The molecular weight excluding hydrogens is 352 g/mol. The third kappa shape index (κ3) is 4.58. The van der Waals surface area contributed by atoms with Crippen LogP contribution in [0.25, 0.3) is 11.8 Å². The molecule has 130 valence electrons. The molecule has 0 saturated heterocycles. The van der Waals surface area contributed by atoms with Crippen LogP contribution in [0.2, 0.25) is 5.02 Å². The number of para-hydroxylation sites is 1. The standard InChI is InChI=1S/C19H15ClN4O2/c20-16-9-7-15(8-10-16)19(26)23-22-18(25)11-6-14-12-21-24(13-14)17-4-2-1-3-5-17/h1-13H,(H,22,25)(H,23,26)/b11-6+. The monoisotopic (exact) mass is 366 g/mol. The number of carbonyl (C=O) groups excluding carboxylic acids is 2. The van der Waals surface area contributed by atoms with Crippen LogP contribution in [0.5, 0.6) is 0 Å². The van der Waals surface area contributed by atoms with E-state index >= 15 is 0 Å². The zero-order valence-electron chi connectivity index (χ0n) is 13.6. The lowest BCUT2D eigenvalue weighted by molar-refractivity contribution is -0.117. The largest absolute Gasteiger partial charge is 0.269 e. The van der Waals surface area contributed by atoms with Crippen molar-refractivity contribution in [3.05, 3.63) is 89.2 Å². The number of nitrogens with zero attached hydrogens (tertiary/aromatic N) is 2. The Kier molecular flexibility index (Phi) is 5.46. The summed E-state index contributed by atoms with van der Waals surface area (Å²) in [6, 6.07) is 16.0. The van der Waals surface area contributed by atoms with Gasteiger partial charge in [-0.3, -0.25) is 20.4 Å². The van der Waals surface area contributed by atoms with Crippen molar-refractivity contribution < 1.29 is 9.59 Å². The minimum Gasteiger partial charge on any atom is -0.268 e. The van der Waals surface area contributed by atoms with E-state index in [2.05, 4.69) is 16.0 Å². The summed E-state index contributed by atoms with van der Waals surface area (Å²) in [5.41, 5.74) is 6.72. The molecule has 26 heavy (non-hydrogen) atoms. The lowest BCUT2D eigenvalue weighted by Gasteiger charge is -2.05. The van der Waals surface area contributed by atoms with E-state index in [1.54, 1.807) is 47.4 Å². The first-order valence-electron chi connectivity index (χ1n) is 7.76. The molecule has 0 aliphatic heterocycles. The topological polar surface area (TPSA) is 76.0 Å².